The van der Waals surface area contributed by atoms with Gasteiger partial charge in [-0.2, -0.15) is 0 Å². The zero-order valence-electron chi connectivity index (χ0n) is 12.8. The van der Waals surface area contributed by atoms with Gasteiger partial charge >= 0.3 is 6.09 Å². The van der Waals surface area contributed by atoms with E-state index >= 15 is 0 Å². The van der Waals surface area contributed by atoms with Gasteiger partial charge in [0.2, 0.25) is 0 Å². The van der Waals surface area contributed by atoms with Crippen molar-refractivity contribution >= 4 is 11.8 Å². The fraction of sp³-hybridized carbons (Fsp3) is 0.562. The molecule has 1 aromatic rings. The van der Waals surface area contributed by atoms with E-state index < -0.39 is 11.7 Å². The van der Waals surface area contributed by atoms with Crippen molar-refractivity contribution in [3.05, 3.63) is 29.6 Å². The normalized spacial score (nSPS) is 16.4. The molecule has 1 aliphatic carbocycles. The van der Waals surface area contributed by atoms with Crippen LogP contribution in [-0.4, -0.2) is 18.2 Å². The van der Waals surface area contributed by atoms with Crippen molar-refractivity contribution < 1.29 is 13.9 Å². The molecule has 0 spiro atoms. The van der Waals surface area contributed by atoms with Gasteiger partial charge in [-0.15, -0.1) is 0 Å². The average Bonchev–Trinajstić information content (AvgIpc) is 3.11. The summed E-state index contributed by atoms with van der Waals surface area (Å²) in [5.41, 5.74) is 6.64. The van der Waals surface area contributed by atoms with Crippen LogP contribution >= 0.6 is 0 Å². The van der Waals surface area contributed by atoms with Crippen LogP contribution < -0.4 is 11.1 Å². The fourth-order valence-electron chi connectivity index (χ4n) is 2.28. The molecule has 0 unspecified atom stereocenters. The van der Waals surface area contributed by atoms with Crippen molar-refractivity contribution in [2.75, 3.05) is 11.9 Å². The minimum absolute atomic E-state index is 0.0676. The molecule has 0 aromatic heterocycles. The third kappa shape index (κ3) is 4.43. The number of carbonyl (C=O) groups excluding carboxylic acids is 1. The first-order valence-corrected chi connectivity index (χ1v) is 7.22. The zero-order chi connectivity index (χ0) is 15.7. The first-order chi connectivity index (χ1) is 9.73. The highest BCUT2D eigenvalue weighted by Gasteiger charge is 2.41. The van der Waals surface area contributed by atoms with Crippen molar-refractivity contribution in [3.8, 4) is 0 Å². The van der Waals surface area contributed by atoms with Gasteiger partial charge in [-0.3, -0.25) is 5.32 Å². The number of hydrogen-bond acceptors (Lipinski definition) is 3. The van der Waals surface area contributed by atoms with E-state index in [9.17, 15) is 9.18 Å². The summed E-state index contributed by atoms with van der Waals surface area (Å²) in [4.78, 5) is 11.9. The molecule has 0 saturated heterocycles. The van der Waals surface area contributed by atoms with E-state index in [-0.39, 0.29) is 11.2 Å². The number of nitrogens with two attached hydrogens (primary N) is 1. The number of ether oxygens (including phenoxy) is 1. The lowest BCUT2D eigenvalue weighted by molar-refractivity contribution is 0.0635. The van der Waals surface area contributed by atoms with Gasteiger partial charge in [0, 0.05) is 5.69 Å². The molecule has 0 radical (unpaired) electrons. The summed E-state index contributed by atoms with van der Waals surface area (Å²) in [7, 11) is 0. The highest BCUT2D eigenvalue weighted by molar-refractivity contribution is 5.86. The van der Waals surface area contributed by atoms with Gasteiger partial charge in [-0.1, -0.05) is 0 Å². The third-order valence-electron chi connectivity index (χ3n) is 3.66. The van der Waals surface area contributed by atoms with Crippen LogP contribution in [0.15, 0.2) is 18.2 Å². The van der Waals surface area contributed by atoms with Crippen LogP contribution in [-0.2, 0) is 11.2 Å². The summed E-state index contributed by atoms with van der Waals surface area (Å²) in [5, 5.41) is 2.70. The molecular weight excluding hydrogens is 271 g/mol. The van der Waals surface area contributed by atoms with Crippen molar-refractivity contribution in [1.82, 2.24) is 0 Å². The molecule has 0 atom stereocenters. The monoisotopic (exact) mass is 294 g/mol. The first kappa shape index (κ1) is 15.8. The van der Waals surface area contributed by atoms with Crippen LogP contribution in [0, 0.1) is 11.2 Å². The molecule has 1 amide bonds. The molecule has 2 rings (SSSR count). The molecule has 21 heavy (non-hydrogen) atoms. The maximum atomic E-state index is 13.5. The van der Waals surface area contributed by atoms with Gasteiger partial charge in [-0.25, -0.2) is 9.18 Å². The molecule has 3 N–H and O–H groups in total. The van der Waals surface area contributed by atoms with E-state index in [1.807, 2.05) is 0 Å². The maximum absolute atomic E-state index is 13.5. The van der Waals surface area contributed by atoms with E-state index in [0.717, 1.165) is 18.4 Å². The molecule has 1 fully saturated rings. The summed E-state index contributed by atoms with van der Waals surface area (Å²) in [5.74, 6) is -0.312. The summed E-state index contributed by atoms with van der Waals surface area (Å²) in [6, 6.07) is 4.36. The Balaban J connectivity index is 2.13. The molecule has 0 aliphatic heterocycles. The number of rotatable bonds is 4. The van der Waals surface area contributed by atoms with Gasteiger partial charge in [0.1, 0.15) is 11.4 Å². The molecular formula is C16H23FN2O2. The van der Waals surface area contributed by atoms with Gasteiger partial charge in [-0.05, 0) is 75.8 Å². The van der Waals surface area contributed by atoms with E-state index in [4.69, 9.17) is 10.5 Å². The second-order valence-electron chi connectivity index (χ2n) is 6.81. The Morgan fingerprint density at radius 2 is 2.10 bits per heavy atom. The van der Waals surface area contributed by atoms with E-state index in [2.05, 4.69) is 5.32 Å². The predicted octanol–water partition coefficient (Wildman–Crippen LogP) is 3.45. The zero-order valence-corrected chi connectivity index (χ0v) is 12.8. The van der Waals surface area contributed by atoms with Crippen LogP contribution in [0.5, 0.6) is 0 Å². The highest BCUT2D eigenvalue weighted by atomic mass is 19.1. The Hall–Kier alpha value is -1.62. The second-order valence-corrected chi connectivity index (χ2v) is 6.81. The van der Waals surface area contributed by atoms with E-state index in [1.165, 1.54) is 12.1 Å². The number of halogens is 1. The standard InChI is InChI=1S/C16H23FN2O2/c1-15(2,3)21-14(20)19-13-5-4-12(17)8-11(13)9-16(10-18)6-7-16/h4-5,8H,6-7,9-10,18H2,1-3H3,(H,19,20). The van der Waals surface area contributed by atoms with Crippen molar-refractivity contribution in [1.29, 1.82) is 0 Å². The Labute approximate surface area is 124 Å². The number of benzene rings is 1. The first-order valence-electron chi connectivity index (χ1n) is 7.22. The summed E-state index contributed by atoms with van der Waals surface area (Å²) in [6.45, 7) is 5.97. The Bertz CT molecular complexity index is 534. The van der Waals surface area contributed by atoms with Gasteiger partial charge in [0.15, 0.2) is 0 Å². The number of nitrogens with one attached hydrogen (secondary N) is 1. The summed E-state index contributed by atoms with van der Waals surface area (Å²) in [6.07, 6.45) is 2.23. The highest BCUT2D eigenvalue weighted by Crippen LogP contribution is 2.48. The number of anilines is 1. The molecule has 1 saturated carbocycles. The van der Waals surface area contributed by atoms with Crippen LogP contribution in [0.2, 0.25) is 0 Å². The predicted molar refractivity (Wildman–Crippen MR) is 80.7 cm³/mol. The lowest BCUT2D eigenvalue weighted by atomic mass is 9.95. The van der Waals surface area contributed by atoms with E-state index in [0.29, 0.717) is 18.7 Å². The molecule has 5 heteroatoms. The minimum Gasteiger partial charge on any atom is -0.444 e. The number of hydrogen-bond donors (Lipinski definition) is 2. The van der Waals surface area contributed by atoms with Crippen LogP contribution in [0.4, 0.5) is 14.9 Å². The largest absolute Gasteiger partial charge is 0.444 e. The number of amides is 1. The Morgan fingerprint density at radius 1 is 1.43 bits per heavy atom. The molecule has 116 valence electrons. The molecule has 4 nitrogen and oxygen atoms in total. The average molecular weight is 294 g/mol. The maximum Gasteiger partial charge on any atom is 0.412 e. The van der Waals surface area contributed by atoms with Crippen molar-refractivity contribution in [2.45, 2.75) is 45.6 Å². The fourth-order valence-corrected chi connectivity index (χ4v) is 2.28. The molecule has 1 aliphatic rings. The minimum atomic E-state index is -0.570. The quantitative estimate of drug-likeness (QED) is 0.894. The van der Waals surface area contributed by atoms with Crippen molar-refractivity contribution in [3.63, 3.8) is 0 Å². The second kappa shape index (κ2) is 5.64. The third-order valence-corrected chi connectivity index (χ3v) is 3.66. The lowest BCUT2D eigenvalue weighted by Gasteiger charge is -2.21. The van der Waals surface area contributed by atoms with E-state index in [1.54, 1.807) is 26.8 Å². The number of carbonyl (C=O) groups is 1. The van der Waals surface area contributed by atoms with Gasteiger partial charge < -0.3 is 10.5 Å². The van der Waals surface area contributed by atoms with Crippen LogP contribution in [0.25, 0.3) is 0 Å². The summed E-state index contributed by atoms with van der Waals surface area (Å²) < 4.78 is 18.7. The molecule has 0 heterocycles. The SMILES string of the molecule is CC(C)(C)OC(=O)Nc1ccc(F)cc1CC1(CN)CC1. The molecule has 0 bridgehead atoms. The Kier molecular flexibility index (Phi) is 4.23. The van der Waals surface area contributed by atoms with Gasteiger partial charge in [0.05, 0.1) is 0 Å². The topological polar surface area (TPSA) is 64.3 Å². The van der Waals surface area contributed by atoms with Crippen LogP contribution in [0.1, 0.15) is 39.2 Å². The van der Waals surface area contributed by atoms with Crippen molar-refractivity contribution in [2.24, 2.45) is 11.1 Å². The van der Waals surface area contributed by atoms with Crippen LogP contribution in [0.3, 0.4) is 0 Å². The Morgan fingerprint density at radius 3 is 2.62 bits per heavy atom. The lowest BCUT2D eigenvalue weighted by Crippen LogP contribution is -2.28. The smallest absolute Gasteiger partial charge is 0.412 e. The molecule has 1 aromatic carbocycles. The van der Waals surface area contributed by atoms with Gasteiger partial charge in [0.25, 0.3) is 0 Å². The summed E-state index contributed by atoms with van der Waals surface area (Å²) >= 11 is 0.